The van der Waals surface area contributed by atoms with Crippen molar-refractivity contribution in [1.29, 1.82) is 0 Å². The van der Waals surface area contributed by atoms with Crippen LogP contribution >= 0.6 is 11.6 Å². The van der Waals surface area contributed by atoms with Gasteiger partial charge in [-0.15, -0.1) is 0 Å². The largest absolute Gasteiger partial charge is 0.508 e. The lowest BCUT2D eigenvalue weighted by Crippen LogP contribution is -2.22. The van der Waals surface area contributed by atoms with Crippen molar-refractivity contribution in [2.45, 2.75) is 27.3 Å². The van der Waals surface area contributed by atoms with E-state index in [2.05, 4.69) is 23.7 Å². The Hall–Kier alpha value is -2.34. The van der Waals surface area contributed by atoms with Gasteiger partial charge < -0.3 is 5.11 Å². The molecular formula is C21H24ClN3O2. The second-order valence-electron chi connectivity index (χ2n) is 6.53. The number of hydrogen-bond donors (Lipinski definition) is 2. The zero-order valence-electron chi connectivity index (χ0n) is 15.8. The zero-order chi connectivity index (χ0) is 19.6. The lowest BCUT2D eigenvalue weighted by Gasteiger charge is -2.22. The number of aromatic nitrogens is 1. The third kappa shape index (κ3) is 4.16. The minimum atomic E-state index is 0.224. The molecule has 3 aromatic rings. The fourth-order valence-corrected chi connectivity index (χ4v) is 3.31. The number of pyridine rings is 1. The number of fused-ring (bicyclic) bond motifs is 1. The van der Waals surface area contributed by atoms with E-state index in [1.54, 1.807) is 24.3 Å². The SMILES string of the molecule is CCN(CC)Cc1cc(N(O)c2cc(C)nc3cc(Cl)ccc23)ccc1O. The Kier molecular flexibility index (Phi) is 5.85. The summed E-state index contributed by atoms with van der Waals surface area (Å²) in [6.07, 6.45) is 0. The van der Waals surface area contributed by atoms with Gasteiger partial charge in [0.2, 0.25) is 0 Å². The molecule has 1 aromatic heterocycles. The molecule has 2 N–H and O–H groups in total. The molecule has 0 saturated heterocycles. The number of benzene rings is 2. The molecule has 0 fully saturated rings. The Bertz CT molecular complexity index is 952. The number of anilines is 2. The molecule has 6 heteroatoms. The van der Waals surface area contributed by atoms with Gasteiger partial charge in [0.15, 0.2) is 0 Å². The minimum Gasteiger partial charge on any atom is -0.508 e. The van der Waals surface area contributed by atoms with Gasteiger partial charge in [0.05, 0.1) is 16.9 Å². The molecule has 0 atom stereocenters. The smallest absolute Gasteiger partial charge is 0.120 e. The van der Waals surface area contributed by atoms with Crippen molar-refractivity contribution in [3.8, 4) is 5.75 Å². The molecular weight excluding hydrogens is 362 g/mol. The van der Waals surface area contributed by atoms with Crippen molar-refractivity contribution in [3.05, 3.63) is 58.7 Å². The van der Waals surface area contributed by atoms with Gasteiger partial charge in [0.1, 0.15) is 5.75 Å². The Morgan fingerprint density at radius 1 is 1.04 bits per heavy atom. The van der Waals surface area contributed by atoms with Crippen LogP contribution in [-0.2, 0) is 6.54 Å². The first-order valence-corrected chi connectivity index (χ1v) is 9.40. The summed E-state index contributed by atoms with van der Waals surface area (Å²) >= 11 is 6.09. The molecule has 142 valence electrons. The van der Waals surface area contributed by atoms with E-state index >= 15 is 0 Å². The summed E-state index contributed by atoms with van der Waals surface area (Å²) in [6, 6.07) is 12.4. The lowest BCUT2D eigenvalue weighted by molar-refractivity contribution is 0.289. The molecule has 2 aromatic carbocycles. The van der Waals surface area contributed by atoms with Crippen LogP contribution < -0.4 is 5.06 Å². The average Bonchev–Trinajstić information content (AvgIpc) is 2.65. The third-order valence-corrected chi connectivity index (χ3v) is 4.94. The van der Waals surface area contributed by atoms with Crippen molar-refractivity contribution in [1.82, 2.24) is 9.88 Å². The van der Waals surface area contributed by atoms with Crippen molar-refractivity contribution < 1.29 is 10.3 Å². The molecule has 0 radical (unpaired) electrons. The summed E-state index contributed by atoms with van der Waals surface area (Å²) in [5.41, 5.74) is 3.47. The minimum absolute atomic E-state index is 0.224. The number of nitrogens with zero attached hydrogens (tertiary/aromatic N) is 3. The number of phenolic OH excluding ortho intramolecular Hbond substituents is 1. The van der Waals surface area contributed by atoms with E-state index in [9.17, 15) is 10.3 Å². The summed E-state index contributed by atoms with van der Waals surface area (Å²) in [5.74, 6) is 0.224. The highest BCUT2D eigenvalue weighted by molar-refractivity contribution is 6.31. The molecule has 1 heterocycles. The Morgan fingerprint density at radius 3 is 2.48 bits per heavy atom. The fraction of sp³-hybridized carbons (Fsp3) is 0.286. The van der Waals surface area contributed by atoms with Crippen LogP contribution in [0, 0.1) is 6.92 Å². The summed E-state index contributed by atoms with van der Waals surface area (Å²) in [7, 11) is 0. The highest BCUT2D eigenvalue weighted by Gasteiger charge is 2.15. The number of aromatic hydroxyl groups is 1. The first-order chi connectivity index (χ1) is 12.9. The van der Waals surface area contributed by atoms with Crippen molar-refractivity contribution >= 4 is 33.9 Å². The number of aryl methyl sites for hydroxylation is 1. The van der Waals surface area contributed by atoms with Gasteiger partial charge in [0.25, 0.3) is 0 Å². The molecule has 0 bridgehead atoms. The van der Waals surface area contributed by atoms with Gasteiger partial charge in [-0.3, -0.25) is 15.1 Å². The Morgan fingerprint density at radius 2 is 1.78 bits per heavy atom. The van der Waals surface area contributed by atoms with E-state index in [0.29, 0.717) is 22.9 Å². The number of rotatable bonds is 6. The molecule has 0 spiro atoms. The topological polar surface area (TPSA) is 59.8 Å². The van der Waals surface area contributed by atoms with E-state index < -0.39 is 0 Å². The maximum atomic E-state index is 10.9. The number of phenols is 1. The van der Waals surface area contributed by atoms with Crippen LogP contribution in [0.4, 0.5) is 11.4 Å². The van der Waals surface area contributed by atoms with Crippen molar-refractivity contribution in [2.24, 2.45) is 0 Å². The van der Waals surface area contributed by atoms with Crippen molar-refractivity contribution in [2.75, 3.05) is 18.2 Å². The summed E-state index contributed by atoms with van der Waals surface area (Å²) < 4.78 is 0. The van der Waals surface area contributed by atoms with E-state index in [1.165, 1.54) is 0 Å². The molecule has 0 amide bonds. The van der Waals surface area contributed by atoms with Crippen LogP contribution in [0.5, 0.6) is 5.75 Å². The number of halogens is 1. The number of hydrogen-bond acceptors (Lipinski definition) is 5. The summed E-state index contributed by atoms with van der Waals surface area (Å²) in [5, 5.41) is 23.7. The van der Waals surface area contributed by atoms with Gasteiger partial charge >= 0.3 is 0 Å². The monoisotopic (exact) mass is 385 g/mol. The maximum Gasteiger partial charge on any atom is 0.120 e. The lowest BCUT2D eigenvalue weighted by atomic mass is 10.1. The molecule has 27 heavy (non-hydrogen) atoms. The van der Waals surface area contributed by atoms with Gasteiger partial charge in [-0.1, -0.05) is 25.4 Å². The fourth-order valence-electron chi connectivity index (χ4n) is 3.14. The van der Waals surface area contributed by atoms with E-state index in [-0.39, 0.29) is 5.75 Å². The first-order valence-electron chi connectivity index (χ1n) is 9.03. The quantitative estimate of drug-likeness (QED) is 0.566. The standard InChI is InChI=1S/C21H24ClN3O2/c1-4-24(5-2)13-15-11-17(7-9-21(15)26)25(27)20-10-14(3)23-19-12-16(22)6-8-18(19)20/h6-12,26-27H,4-5,13H2,1-3H3. The second-order valence-corrected chi connectivity index (χ2v) is 6.97. The normalized spacial score (nSPS) is 11.3. The van der Waals surface area contributed by atoms with Crippen LogP contribution in [0.25, 0.3) is 10.9 Å². The van der Waals surface area contributed by atoms with E-state index in [4.69, 9.17) is 11.6 Å². The molecule has 0 aliphatic heterocycles. The molecule has 3 rings (SSSR count). The third-order valence-electron chi connectivity index (χ3n) is 4.70. The second kappa shape index (κ2) is 8.13. The van der Waals surface area contributed by atoms with Gasteiger partial charge in [-0.05, 0) is 62.5 Å². The van der Waals surface area contributed by atoms with Gasteiger partial charge in [-0.25, -0.2) is 5.06 Å². The van der Waals surface area contributed by atoms with Crippen LogP contribution in [-0.4, -0.2) is 33.3 Å². The van der Waals surface area contributed by atoms with Crippen LogP contribution in [0.3, 0.4) is 0 Å². The Labute approximate surface area is 164 Å². The zero-order valence-corrected chi connectivity index (χ0v) is 16.5. The predicted octanol–water partition coefficient (Wildman–Crippen LogP) is 5.27. The highest BCUT2D eigenvalue weighted by Crippen LogP contribution is 2.34. The van der Waals surface area contributed by atoms with Gasteiger partial charge in [-0.2, -0.15) is 0 Å². The molecule has 0 aliphatic rings. The van der Waals surface area contributed by atoms with E-state index in [0.717, 1.165) is 40.3 Å². The van der Waals surface area contributed by atoms with E-state index in [1.807, 2.05) is 25.1 Å². The van der Waals surface area contributed by atoms with Gasteiger partial charge in [0, 0.05) is 28.2 Å². The van der Waals surface area contributed by atoms with Crippen LogP contribution in [0.15, 0.2) is 42.5 Å². The summed E-state index contributed by atoms with van der Waals surface area (Å²) in [6.45, 7) is 8.43. The first kappa shape index (κ1) is 19.4. The maximum absolute atomic E-state index is 10.9. The van der Waals surface area contributed by atoms with Crippen molar-refractivity contribution in [3.63, 3.8) is 0 Å². The predicted molar refractivity (Wildman–Crippen MR) is 110 cm³/mol. The summed E-state index contributed by atoms with van der Waals surface area (Å²) in [4.78, 5) is 6.70. The van der Waals surface area contributed by atoms with Crippen LogP contribution in [0.1, 0.15) is 25.1 Å². The molecule has 0 unspecified atom stereocenters. The Balaban J connectivity index is 2.03. The molecule has 0 saturated carbocycles. The molecule has 5 nitrogen and oxygen atoms in total. The molecule has 0 aliphatic carbocycles. The highest BCUT2D eigenvalue weighted by atomic mass is 35.5. The average molecular weight is 386 g/mol. The van der Waals surface area contributed by atoms with Crippen LogP contribution in [0.2, 0.25) is 5.02 Å².